The molecular formula is C19H32N2. The van der Waals surface area contributed by atoms with Crippen molar-refractivity contribution in [1.82, 2.24) is 4.90 Å². The van der Waals surface area contributed by atoms with Gasteiger partial charge in [-0.3, -0.25) is 0 Å². The van der Waals surface area contributed by atoms with Crippen molar-refractivity contribution < 1.29 is 0 Å². The molecule has 0 radical (unpaired) electrons. The number of aryl methyl sites for hydroxylation is 3. The largest absolute Gasteiger partial charge is 0.323 e. The highest BCUT2D eigenvalue weighted by molar-refractivity contribution is 5.39. The van der Waals surface area contributed by atoms with Crippen LogP contribution in [0.3, 0.4) is 0 Å². The predicted molar refractivity (Wildman–Crippen MR) is 91.7 cm³/mol. The molecule has 1 aliphatic rings. The maximum absolute atomic E-state index is 6.55. The standard InChI is InChI=1S/C19H32N2/c1-5-17-7-6-9-21(10-8-17)13-18(20)19-15(3)11-14(2)12-16(19)4/h11-12,17-18H,5-10,13,20H2,1-4H3. The average molecular weight is 288 g/mol. The van der Waals surface area contributed by atoms with E-state index in [0.717, 1.165) is 12.5 Å². The van der Waals surface area contributed by atoms with E-state index < -0.39 is 0 Å². The second-order valence-electron chi connectivity index (χ2n) is 6.92. The van der Waals surface area contributed by atoms with Gasteiger partial charge in [-0.25, -0.2) is 0 Å². The van der Waals surface area contributed by atoms with Crippen molar-refractivity contribution in [3.05, 3.63) is 34.4 Å². The van der Waals surface area contributed by atoms with Gasteiger partial charge in [0.15, 0.2) is 0 Å². The summed E-state index contributed by atoms with van der Waals surface area (Å²) in [5, 5.41) is 0. The average Bonchev–Trinajstić information content (AvgIpc) is 2.62. The molecule has 0 aromatic heterocycles. The Bertz CT molecular complexity index is 444. The van der Waals surface area contributed by atoms with Crippen molar-refractivity contribution in [3.8, 4) is 0 Å². The number of nitrogens with two attached hydrogens (primary N) is 1. The van der Waals surface area contributed by atoms with Gasteiger partial charge in [-0.2, -0.15) is 0 Å². The van der Waals surface area contributed by atoms with E-state index in [2.05, 4.69) is 44.7 Å². The first-order chi connectivity index (χ1) is 10.0. The van der Waals surface area contributed by atoms with Crippen molar-refractivity contribution in [1.29, 1.82) is 0 Å². The summed E-state index contributed by atoms with van der Waals surface area (Å²) in [7, 11) is 0. The first-order valence-corrected chi connectivity index (χ1v) is 8.57. The Labute approximate surface area is 130 Å². The fourth-order valence-corrected chi connectivity index (χ4v) is 3.96. The predicted octanol–water partition coefficient (Wildman–Crippen LogP) is 4.12. The molecule has 0 bridgehead atoms. The molecule has 2 heteroatoms. The molecule has 1 aliphatic heterocycles. The Morgan fingerprint density at radius 1 is 1.14 bits per heavy atom. The van der Waals surface area contributed by atoms with Crippen LogP contribution in [0.15, 0.2) is 12.1 Å². The molecule has 1 fully saturated rings. The van der Waals surface area contributed by atoms with Crippen molar-refractivity contribution >= 4 is 0 Å². The number of hydrogen-bond donors (Lipinski definition) is 1. The maximum Gasteiger partial charge on any atom is 0.0429 e. The van der Waals surface area contributed by atoms with E-state index in [9.17, 15) is 0 Å². The summed E-state index contributed by atoms with van der Waals surface area (Å²) in [6.07, 6.45) is 5.40. The Balaban J connectivity index is 2.03. The van der Waals surface area contributed by atoms with Gasteiger partial charge in [-0.05, 0) is 75.7 Å². The molecule has 1 heterocycles. The lowest BCUT2D eigenvalue weighted by molar-refractivity contribution is 0.263. The molecule has 0 amide bonds. The summed E-state index contributed by atoms with van der Waals surface area (Å²) in [5.74, 6) is 0.925. The van der Waals surface area contributed by atoms with Gasteiger partial charge in [0.1, 0.15) is 0 Å². The highest BCUT2D eigenvalue weighted by Crippen LogP contribution is 2.25. The minimum absolute atomic E-state index is 0.142. The summed E-state index contributed by atoms with van der Waals surface area (Å²) >= 11 is 0. The van der Waals surface area contributed by atoms with Crippen molar-refractivity contribution in [2.45, 2.75) is 59.4 Å². The SMILES string of the molecule is CCC1CCCN(CC(N)c2c(C)cc(C)cc2C)CC1. The van der Waals surface area contributed by atoms with Gasteiger partial charge >= 0.3 is 0 Å². The molecular weight excluding hydrogens is 256 g/mol. The lowest BCUT2D eigenvalue weighted by Crippen LogP contribution is -2.33. The zero-order chi connectivity index (χ0) is 15.4. The number of likely N-dealkylation sites (tertiary alicyclic amines) is 1. The molecule has 1 aromatic carbocycles. The molecule has 2 atom stereocenters. The van der Waals surface area contributed by atoms with Crippen LogP contribution < -0.4 is 5.73 Å². The first kappa shape index (κ1) is 16.5. The van der Waals surface area contributed by atoms with Gasteiger partial charge < -0.3 is 10.6 Å². The van der Waals surface area contributed by atoms with E-state index in [1.54, 1.807) is 0 Å². The zero-order valence-corrected chi connectivity index (χ0v) is 14.3. The van der Waals surface area contributed by atoms with E-state index in [1.165, 1.54) is 61.0 Å². The topological polar surface area (TPSA) is 29.3 Å². The van der Waals surface area contributed by atoms with Crippen LogP contribution in [0.1, 0.15) is 60.9 Å². The normalized spacial score (nSPS) is 22.0. The van der Waals surface area contributed by atoms with Crippen LogP contribution in [0.2, 0.25) is 0 Å². The third-order valence-electron chi connectivity index (χ3n) is 5.08. The molecule has 1 saturated heterocycles. The molecule has 21 heavy (non-hydrogen) atoms. The highest BCUT2D eigenvalue weighted by atomic mass is 15.1. The first-order valence-electron chi connectivity index (χ1n) is 8.57. The maximum atomic E-state index is 6.55. The smallest absolute Gasteiger partial charge is 0.0429 e. The second kappa shape index (κ2) is 7.42. The van der Waals surface area contributed by atoms with E-state index in [1.807, 2.05) is 0 Å². The number of rotatable bonds is 4. The minimum Gasteiger partial charge on any atom is -0.323 e. The van der Waals surface area contributed by atoms with Crippen molar-refractivity contribution in [2.75, 3.05) is 19.6 Å². The molecule has 2 nitrogen and oxygen atoms in total. The van der Waals surface area contributed by atoms with Crippen molar-refractivity contribution in [2.24, 2.45) is 11.7 Å². The Morgan fingerprint density at radius 2 is 1.81 bits per heavy atom. The van der Waals surface area contributed by atoms with Gasteiger partial charge in [0, 0.05) is 12.6 Å². The van der Waals surface area contributed by atoms with E-state index in [0.29, 0.717) is 0 Å². The van der Waals surface area contributed by atoms with E-state index >= 15 is 0 Å². The Kier molecular flexibility index (Phi) is 5.83. The van der Waals surface area contributed by atoms with Crippen LogP contribution in [-0.4, -0.2) is 24.5 Å². The van der Waals surface area contributed by atoms with Crippen LogP contribution in [-0.2, 0) is 0 Å². The molecule has 2 N–H and O–H groups in total. The minimum atomic E-state index is 0.142. The third-order valence-corrected chi connectivity index (χ3v) is 5.08. The van der Waals surface area contributed by atoms with Gasteiger partial charge in [0.2, 0.25) is 0 Å². The molecule has 2 unspecified atom stereocenters. The molecule has 2 rings (SSSR count). The Hall–Kier alpha value is -0.860. The van der Waals surface area contributed by atoms with Crippen LogP contribution in [0.4, 0.5) is 0 Å². The highest BCUT2D eigenvalue weighted by Gasteiger charge is 2.20. The summed E-state index contributed by atoms with van der Waals surface area (Å²) in [6.45, 7) is 12.3. The monoisotopic (exact) mass is 288 g/mol. The lowest BCUT2D eigenvalue weighted by atomic mass is 9.94. The number of hydrogen-bond acceptors (Lipinski definition) is 2. The molecule has 0 aliphatic carbocycles. The van der Waals surface area contributed by atoms with Gasteiger partial charge in [-0.1, -0.05) is 31.0 Å². The lowest BCUT2D eigenvalue weighted by Gasteiger charge is -2.26. The summed E-state index contributed by atoms with van der Waals surface area (Å²) in [5.41, 5.74) is 11.9. The summed E-state index contributed by atoms with van der Waals surface area (Å²) in [4.78, 5) is 2.58. The zero-order valence-electron chi connectivity index (χ0n) is 14.3. The summed E-state index contributed by atoms with van der Waals surface area (Å²) < 4.78 is 0. The van der Waals surface area contributed by atoms with Crippen LogP contribution in [0, 0.1) is 26.7 Å². The molecule has 1 aromatic rings. The Morgan fingerprint density at radius 3 is 2.43 bits per heavy atom. The van der Waals surface area contributed by atoms with E-state index in [4.69, 9.17) is 5.73 Å². The van der Waals surface area contributed by atoms with E-state index in [-0.39, 0.29) is 6.04 Å². The molecule has 0 saturated carbocycles. The number of nitrogens with zero attached hydrogens (tertiary/aromatic N) is 1. The molecule has 0 spiro atoms. The third kappa shape index (κ3) is 4.31. The fourth-order valence-electron chi connectivity index (χ4n) is 3.96. The number of benzene rings is 1. The van der Waals surface area contributed by atoms with Crippen LogP contribution in [0.25, 0.3) is 0 Å². The van der Waals surface area contributed by atoms with Gasteiger partial charge in [-0.15, -0.1) is 0 Å². The van der Waals surface area contributed by atoms with Crippen molar-refractivity contribution in [3.63, 3.8) is 0 Å². The van der Waals surface area contributed by atoms with Gasteiger partial charge in [0.05, 0.1) is 0 Å². The second-order valence-corrected chi connectivity index (χ2v) is 6.92. The summed E-state index contributed by atoms with van der Waals surface area (Å²) in [6, 6.07) is 4.67. The molecule has 118 valence electrons. The van der Waals surface area contributed by atoms with Gasteiger partial charge in [0.25, 0.3) is 0 Å². The quantitative estimate of drug-likeness (QED) is 0.903. The van der Waals surface area contributed by atoms with Crippen LogP contribution >= 0.6 is 0 Å². The fraction of sp³-hybridized carbons (Fsp3) is 0.684. The van der Waals surface area contributed by atoms with Crippen LogP contribution in [0.5, 0.6) is 0 Å².